The standard InChI is InChI=1S/C15H25NO2/c1-2-3-4-5-6-7-8-15(17)16-13-14-9-11-18-12-10-14/h2,7-8,14H,1,3-6,9-13H2,(H,16,17). The van der Waals surface area contributed by atoms with Gasteiger partial charge in [0.1, 0.15) is 0 Å². The topological polar surface area (TPSA) is 38.3 Å². The molecule has 1 fully saturated rings. The molecule has 1 aliphatic rings. The molecule has 0 unspecified atom stereocenters. The van der Waals surface area contributed by atoms with E-state index < -0.39 is 0 Å². The number of carbonyl (C=O) groups is 1. The Kier molecular flexibility index (Phi) is 8.23. The molecule has 1 amide bonds. The highest BCUT2D eigenvalue weighted by Gasteiger charge is 2.13. The molecule has 0 aliphatic carbocycles. The highest BCUT2D eigenvalue weighted by Crippen LogP contribution is 2.13. The summed E-state index contributed by atoms with van der Waals surface area (Å²) in [5.41, 5.74) is 0. The molecule has 18 heavy (non-hydrogen) atoms. The van der Waals surface area contributed by atoms with Crippen molar-refractivity contribution in [1.82, 2.24) is 5.32 Å². The molecule has 0 bridgehead atoms. The number of amides is 1. The van der Waals surface area contributed by atoms with Crippen molar-refractivity contribution in [3.8, 4) is 0 Å². The van der Waals surface area contributed by atoms with Crippen LogP contribution in [0.3, 0.4) is 0 Å². The Morgan fingerprint density at radius 1 is 1.28 bits per heavy atom. The summed E-state index contributed by atoms with van der Waals surface area (Å²) >= 11 is 0. The van der Waals surface area contributed by atoms with Gasteiger partial charge in [-0.1, -0.05) is 12.2 Å². The van der Waals surface area contributed by atoms with E-state index in [-0.39, 0.29) is 5.91 Å². The lowest BCUT2D eigenvalue weighted by Gasteiger charge is -2.21. The minimum atomic E-state index is 0.0326. The summed E-state index contributed by atoms with van der Waals surface area (Å²) in [6.07, 6.45) is 12.0. The second-order valence-corrected chi connectivity index (χ2v) is 4.78. The molecule has 0 spiro atoms. The molecule has 3 nitrogen and oxygen atoms in total. The van der Waals surface area contributed by atoms with Crippen molar-refractivity contribution in [2.24, 2.45) is 5.92 Å². The number of carbonyl (C=O) groups excluding carboxylic acids is 1. The zero-order chi connectivity index (χ0) is 13.1. The van der Waals surface area contributed by atoms with E-state index in [9.17, 15) is 4.79 Å². The molecule has 0 saturated carbocycles. The first-order valence-corrected chi connectivity index (χ1v) is 6.96. The number of allylic oxidation sites excluding steroid dienone is 2. The molecule has 0 aromatic carbocycles. The second-order valence-electron chi connectivity index (χ2n) is 4.78. The van der Waals surface area contributed by atoms with Gasteiger partial charge in [-0.15, -0.1) is 6.58 Å². The van der Waals surface area contributed by atoms with Crippen LogP contribution in [0, 0.1) is 5.92 Å². The quantitative estimate of drug-likeness (QED) is 0.409. The predicted octanol–water partition coefficient (Wildman–Crippen LogP) is 2.83. The molecule has 0 atom stereocenters. The van der Waals surface area contributed by atoms with Gasteiger partial charge in [0.15, 0.2) is 0 Å². The maximum atomic E-state index is 11.5. The fourth-order valence-electron chi connectivity index (χ4n) is 2.00. The number of ether oxygens (including phenoxy) is 1. The van der Waals surface area contributed by atoms with Gasteiger partial charge in [-0.25, -0.2) is 0 Å². The van der Waals surface area contributed by atoms with Crippen molar-refractivity contribution in [1.29, 1.82) is 0 Å². The minimum absolute atomic E-state index is 0.0326. The third-order valence-corrected chi connectivity index (χ3v) is 3.20. The molecular weight excluding hydrogens is 226 g/mol. The Hall–Kier alpha value is -1.09. The van der Waals surface area contributed by atoms with Crippen LogP contribution in [0.25, 0.3) is 0 Å². The van der Waals surface area contributed by atoms with Crippen molar-refractivity contribution in [2.45, 2.75) is 38.5 Å². The molecule has 1 aliphatic heterocycles. The monoisotopic (exact) mass is 251 g/mol. The summed E-state index contributed by atoms with van der Waals surface area (Å²) in [7, 11) is 0. The van der Waals surface area contributed by atoms with E-state index in [2.05, 4.69) is 11.9 Å². The van der Waals surface area contributed by atoms with Crippen LogP contribution in [0.15, 0.2) is 24.8 Å². The zero-order valence-corrected chi connectivity index (χ0v) is 11.2. The summed E-state index contributed by atoms with van der Waals surface area (Å²) in [6, 6.07) is 0. The van der Waals surface area contributed by atoms with Crippen molar-refractivity contribution >= 4 is 5.91 Å². The van der Waals surface area contributed by atoms with Crippen LogP contribution < -0.4 is 5.32 Å². The van der Waals surface area contributed by atoms with E-state index in [1.54, 1.807) is 6.08 Å². The summed E-state index contributed by atoms with van der Waals surface area (Å²) in [5, 5.41) is 2.96. The van der Waals surface area contributed by atoms with Crippen LogP contribution in [-0.2, 0) is 9.53 Å². The van der Waals surface area contributed by atoms with Crippen molar-refractivity contribution in [2.75, 3.05) is 19.8 Å². The molecule has 1 rings (SSSR count). The second kappa shape index (κ2) is 9.89. The summed E-state index contributed by atoms with van der Waals surface area (Å²) < 4.78 is 5.28. The largest absolute Gasteiger partial charge is 0.381 e. The number of unbranched alkanes of at least 4 members (excludes halogenated alkanes) is 3. The lowest BCUT2D eigenvalue weighted by Crippen LogP contribution is -2.31. The number of rotatable bonds is 8. The van der Waals surface area contributed by atoms with Gasteiger partial charge < -0.3 is 10.1 Å². The third-order valence-electron chi connectivity index (χ3n) is 3.20. The Morgan fingerprint density at radius 2 is 2.00 bits per heavy atom. The van der Waals surface area contributed by atoms with Gasteiger partial charge in [0, 0.05) is 19.8 Å². The molecule has 102 valence electrons. The molecule has 1 heterocycles. The van der Waals surface area contributed by atoms with E-state index in [0.29, 0.717) is 5.92 Å². The van der Waals surface area contributed by atoms with E-state index in [1.807, 2.05) is 12.2 Å². The number of nitrogens with one attached hydrogen (secondary N) is 1. The fourth-order valence-corrected chi connectivity index (χ4v) is 2.00. The maximum absolute atomic E-state index is 11.5. The molecule has 1 N–H and O–H groups in total. The van der Waals surface area contributed by atoms with Gasteiger partial charge in [-0.05, 0) is 50.5 Å². The summed E-state index contributed by atoms with van der Waals surface area (Å²) in [6.45, 7) is 6.13. The fraction of sp³-hybridized carbons (Fsp3) is 0.667. The lowest BCUT2D eigenvalue weighted by atomic mass is 10.0. The first kappa shape index (κ1) is 15.0. The Labute approximate surface area is 110 Å². The normalized spacial score (nSPS) is 16.9. The van der Waals surface area contributed by atoms with Gasteiger partial charge in [0.05, 0.1) is 0 Å². The Morgan fingerprint density at radius 3 is 2.72 bits per heavy atom. The molecule has 1 saturated heterocycles. The average Bonchev–Trinajstić information content (AvgIpc) is 2.41. The molecule has 0 radical (unpaired) electrons. The Balaban J connectivity index is 2.01. The number of hydrogen-bond donors (Lipinski definition) is 1. The number of hydrogen-bond acceptors (Lipinski definition) is 2. The van der Waals surface area contributed by atoms with Crippen LogP contribution >= 0.6 is 0 Å². The maximum Gasteiger partial charge on any atom is 0.243 e. The van der Waals surface area contributed by atoms with Gasteiger partial charge in [0.2, 0.25) is 5.91 Å². The SMILES string of the molecule is C=CCCCCC=CC(=O)NCC1CCOCC1. The minimum Gasteiger partial charge on any atom is -0.381 e. The third kappa shape index (κ3) is 7.28. The Bertz CT molecular complexity index is 268. The van der Waals surface area contributed by atoms with E-state index in [4.69, 9.17) is 4.74 Å². The van der Waals surface area contributed by atoms with Crippen LogP contribution in [-0.4, -0.2) is 25.7 Å². The van der Waals surface area contributed by atoms with Crippen molar-refractivity contribution < 1.29 is 9.53 Å². The van der Waals surface area contributed by atoms with Crippen LogP contribution in [0.1, 0.15) is 38.5 Å². The average molecular weight is 251 g/mol. The predicted molar refractivity (Wildman–Crippen MR) is 74.4 cm³/mol. The molecular formula is C15H25NO2. The zero-order valence-electron chi connectivity index (χ0n) is 11.2. The van der Waals surface area contributed by atoms with Crippen molar-refractivity contribution in [3.05, 3.63) is 24.8 Å². The van der Waals surface area contributed by atoms with Crippen LogP contribution in [0.5, 0.6) is 0 Å². The van der Waals surface area contributed by atoms with E-state index in [1.165, 1.54) is 0 Å². The first-order chi connectivity index (χ1) is 8.83. The highest BCUT2D eigenvalue weighted by molar-refractivity contribution is 5.87. The van der Waals surface area contributed by atoms with Crippen molar-refractivity contribution in [3.63, 3.8) is 0 Å². The lowest BCUT2D eigenvalue weighted by molar-refractivity contribution is -0.116. The highest BCUT2D eigenvalue weighted by atomic mass is 16.5. The van der Waals surface area contributed by atoms with Gasteiger partial charge >= 0.3 is 0 Å². The van der Waals surface area contributed by atoms with E-state index >= 15 is 0 Å². The van der Waals surface area contributed by atoms with Crippen LogP contribution in [0.4, 0.5) is 0 Å². The molecule has 3 heteroatoms. The molecule has 0 aromatic heterocycles. The first-order valence-electron chi connectivity index (χ1n) is 6.96. The van der Waals surface area contributed by atoms with E-state index in [0.717, 1.165) is 58.3 Å². The van der Waals surface area contributed by atoms with Gasteiger partial charge in [-0.3, -0.25) is 4.79 Å². The molecule has 0 aromatic rings. The van der Waals surface area contributed by atoms with Gasteiger partial charge in [0.25, 0.3) is 0 Å². The van der Waals surface area contributed by atoms with Crippen LogP contribution in [0.2, 0.25) is 0 Å². The summed E-state index contributed by atoms with van der Waals surface area (Å²) in [4.78, 5) is 11.5. The smallest absolute Gasteiger partial charge is 0.243 e. The summed E-state index contributed by atoms with van der Waals surface area (Å²) in [5.74, 6) is 0.619. The van der Waals surface area contributed by atoms with Gasteiger partial charge in [-0.2, -0.15) is 0 Å².